The van der Waals surface area contributed by atoms with Crippen LogP contribution in [0.3, 0.4) is 0 Å². The number of nitrogens with one attached hydrogen (secondary N) is 3. The van der Waals surface area contributed by atoms with E-state index in [-0.39, 0.29) is 26.3 Å². The van der Waals surface area contributed by atoms with Gasteiger partial charge in [-0.1, -0.05) is 34.8 Å². The molecular formula is C20H17Cl3N6O2S. The number of rotatable bonds is 5. The van der Waals surface area contributed by atoms with E-state index < -0.39 is 11.8 Å². The largest absolute Gasteiger partial charge is 0.368 e. The lowest BCUT2D eigenvalue weighted by Gasteiger charge is -2.29. The minimum Gasteiger partial charge on any atom is -0.368 e. The van der Waals surface area contributed by atoms with Crippen molar-refractivity contribution in [1.29, 1.82) is 0 Å². The molecule has 0 aliphatic carbocycles. The monoisotopic (exact) mass is 510 g/mol. The summed E-state index contributed by atoms with van der Waals surface area (Å²) in [5, 5.41) is 9.41. The molecule has 3 aromatic rings. The SMILES string of the molecule is O=C(Nc1ccc(N2CCNCC2)cn1)c1ncsc1NC(=O)c1c(Cl)cc(Cl)cc1Cl. The predicted molar refractivity (Wildman–Crippen MR) is 129 cm³/mol. The number of nitrogens with zero attached hydrogens (tertiary/aromatic N) is 3. The van der Waals surface area contributed by atoms with E-state index >= 15 is 0 Å². The number of halogens is 3. The molecule has 0 unspecified atom stereocenters. The van der Waals surface area contributed by atoms with Crippen molar-refractivity contribution < 1.29 is 9.59 Å². The Balaban J connectivity index is 1.45. The van der Waals surface area contributed by atoms with Gasteiger partial charge in [-0.05, 0) is 24.3 Å². The number of aromatic nitrogens is 2. The average Bonchev–Trinajstić information content (AvgIpc) is 3.22. The molecule has 12 heteroatoms. The van der Waals surface area contributed by atoms with Gasteiger partial charge in [-0.2, -0.15) is 0 Å². The molecule has 166 valence electrons. The van der Waals surface area contributed by atoms with Crippen molar-refractivity contribution >= 4 is 74.5 Å². The van der Waals surface area contributed by atoms with Crippen LogP contribution in [0.2, 0.25) is 15.1 Å². The number of anilines is 3. The molecule has 1 aliphatic rings. The van der Waals surface area contributed by atoms with Crippen LogP contribution in [0.4, 0.5) is 16.5 Å². The molecule has 0 radical (unpaired) electrons. The average molecular weight is 512 g/mol. The first kappa shape index (κ1) is 22.8. The quantitative estimate of drug-likeness (QED) is 0.469. The number of carbonyl (C=O) groups is 2. The van der Waals surface area contributed by atoms with Gasteiger partial charge in [0.2, 0.25) is 0 Å². The summed E-state index contributed by atoms with van der Waals surface area (Å²) in [7, 11) is 0. The molecule has 0 saturated carbocycles. The number of thiazole rings is 1. The molecule has 2 aromatic heterocycles. The fourth-order valence-electron chi connectivity index (χ4n) is 3.17. The lowest BCUT2D eigenvalue weighted by molar-refractivity contribution is 0.102. The van der Waals surface area contributed by atoms with Crippen LogP contribution in [0.25, 0.3) is 0 Å². The highest BCUT2D eigenvalue weighted by Crippen LogP contribution is 2.31. The maximum absolute atomic E-state index is 12.7. The second-order valence-corrected chi connectivity index (χ2v) is 8.93. The Labute approximate surface area is 202 Å². The van der Waals surface area contributed by atoms with Crippen LogP contribution in [0.5, 0.6) is 0 Å². The number of hydrogen-bond donors (Lipinski definition) is 3. The van der Waals surface area contributed by atoms with Gasteiger partial charge in [-0.25, -0.2) is 9.97 Å². The summed E-state index contributed by atoms with van der Waals surface area (Å²) < 4.78 is 0. The highest BCUT2D eigenvalue weighted by Gasteiger charge is 2.21. The van der Waals surface area contributed by atoms with Gasteiger partial charge in [0.15, 0.2) is 5.69 Å². The minimum absolute atomic E-state index is 0.0533. The summed E-state index contributed by atoms with van der Waals surface area (Å²) in [6, 6.07) is 6.47. The van der Waals surface area contributed by atoms with Crippen LogP contribution in [-0.4, -0.2) is 48.0 Å². The zero-order valence-corrected chi connectivity index (χ0v) is 19.6. The molecule has 1 fully saturated rings. The fraction of sp³-hybridized carbons (Fsp3) is 0.200. The second kappa shape index (κ2) is 10.0. The molecule has 32 heavy (non-hydrogen) atoms. The maximum Gasteiger partial charge on any atom is 0.278 e. The number of carbonyl (C=O) groups excluding carboxylic acids is 2. The summed E-state index contributed by atoms with van der Waals surface area (Å²) in [5.41, 5.74) is 2.55. The van der Waals surface area contributed by atoms with Crippen molar-refractivity contribution in [2.24, 2.45) is 0 Å². The van der Waals surface area contributed by atoms with Crippen LogP contribution in [0, 0.1) is 0 Å². The third-order valence-corrected chi connectivity index (χ3v) is 6.27. The number of piperazine rings is 1. The van der Waals surface area contributed by atoms with E-state index in [4.69, 9.17) is 34.8 Å². The van der Waals surface area contributed by atoms with Crippen LogP contribution in [0.1, 0.15) is 20.8 Å². The summed E-state index contributed by atoms with van der Waals surface area (Å²) in [6.45, 7) is 3.64. The Bertz CT molecular complexity index is 1130. The smallest absolute Gasteiger partial charge is 0.278 e. The summed E-state index contributed by atoms with van der Waals surface area (Å²) in [5.74, 6) is -0.700. The molecular weight excluding hydrogens is 495 g/mol. The lowest BCUT2D eigenvalue weighted by Crippen LogP contribution is -2.43. The first-order valence-electron chi connectivity index (χ1n) is 9.55. The van der Waals surface area contributed by atoms with Crippen LogP contribution in [-0.2, 0) is 0 Å². The van der Waals surface area contributed by atoms with Crippen molar-refractivity contribution in [3.63, 3.8) is 0 Å². The molecule has 4 rings (SSSR count). The molecule has 0 bridgehead atoms. The molecule has 1 aromatic carbocycles. The first-order valence-corrected chi connectivity index (χ1v) is 11.6. The standard InChI is InChI=1S/C20H17Cl3N6O2S/c21-11-7-13(22)16(14(23)8-11)18(30)28-20-17(26-10-32-20)19(31)27-15-2-1-12(9-25-15)29-5-3-24-4-6-29/h1-2,7-10,24H,3-6H2,(H,28,30)(H,25,27,31). The van der Waals surface area contributed by atoms with E-state index in [2.05, 4.69) is 30.8 Å². The zero-order valence-electron chi connectivity index (χ0n) is 16.5. The van der Waals surface area contributed by atoms with Gasteiger partial charge in [0.1, 0.15) is 10.8 Å². The Morgan fingerprint density at radius 1 is 1.00 bits per heavy atom. The number of hydrogen-bond acceptors (Lipinski definition) is 7. The van der Waals surface area contributed by atoms with Gasteiger partial charge in [-0.15, -0.1) is 11.3 Å². The van der Waals surface area contributed by atoms with Crippen LogP contribution in [0.15, 0.2) is 36.0 Å². The van der Waals surface area contributed by atoms with Crippen LogP contribution < -0.4 is 20.9 Å². The van der Waals surface area contributed by atoms with E-state index in [1.54, 1.807) is 12.3 Å². The summed E-state index contributed by atoms with van der Waals surface area (Å²) >= 11 is 19.2. The van der Waals surface area contributed by atoms with Crippen molar-refractivity contribution in [3.05, 3.63) is 62.3 Å². The normalized spacial score (nSPS) is 13.7. The van der Waals surface area contributed by atoms with Gasteiger partial charge < -0.3 is 20.9 Å². The topological polar surface area (TPSA) is 99.2 Å². The van der Waals surface area contributed by atoms with Gasteiger partial charge in [0.25, 0.3) is 11.8 Å². The highest BCUT2D eigenvalue weighted by atomic mass is 35.5. The number of benzene rings is 1. The molecule has 1 aliphatic heterocycles. The second-order valence-electron chi connectivity index (χ2n) is 6.82. The third-order valence-electron chi connectivity index (χ3n) is 4.72. The van der Waals surface area contributed by atoms with Crippen molar-refractivity contribution in [2.45, 2.75) is 0 Å². The molecule has 3 heterocycles. The molecule has 3 N–H and O–H groups in total. The van der Waals surface area contributed by atoms with E-state index in [1.807, 2.05) is 6.07 Å². The third kappa shape index (κ3) is 5.13. The lowest BCUT2D eigenvalue weighted by atomic mass is 10.2. The predicted octanol–water partition coefficient (Wildman–Crippen LogP) is 4.41. The molecule has 0 atom stereocenters. The minimum atomic E-state index is -0.575. The summed E-state index contributed by atoms with van der Waals surface area (Å²) in [4.78, 5) is 36.0. The fourth-order valence-corrected chi connectivity index (χ4v) is 4.83. The molecule has 8 nitrogen and oxygen atoms in total. The molecule has 2 amide bonds. The van der Waals surface area contributed by atoms with Gasteiger partial charge in [-0.3, -0.25) is 9.59 Å². The molecule has 1 saturated heterocycles. The number of pyridine rings is 1. The van der Waals surface area contributed by atoms with Crippen molar-refractivity contribution in [3.8, 4) is 0 Å². The van der Waals surface area contributed by atoms with Gasteiger partial charge in [0, 0.05) is 31.2 Å². The van der Waals surface area contributed by atoms with E-state index in [1.165, 1.54) is 17.6 Å². The number of amides is 2. The van der Waals surface area contributed by atoms with E-state index in [0.717, 1.165) is 43.2 Å². The molecule has 0 spiro atoms. The van der Waals surface area contributed by atoms with Crippen molar-refractivity contribution in [1.82, 2.24) is 15.3 Å². The highest BCUT2D eigenvalue weighted by molar-refractivity contribution is 7.14. The Kier molecular flexibility index (Phi) is 7.12. The maximum atomic E-state index is 12.7. The van der Waals surface area contributed by atoms with Gasteiger partial charge in [0.05, 0.1) is 33.0 Å². The van der Waals surface area contributed by atoms with Gasteiger partial charge >= 0.3 is 0 Å². The Hall–Kier alpha value is -2.43. The zero-order chi connectivity index (χ0) is 22.7. The Morgan fingerprint density at radius 2 is 1.72 bits per heavy atom. The Morgan fingerprint density at radius 3 is 2.38 bits per heavy atom. The first-order chi connectivity index (χ1) is 15.4. The van der Waals surface area contributed by atoms with Crippen LogP contribution >= 0.6 is 46.1 Å². The summed E-state index contributed by atoms with van der Waals surface area (Å²) in [6.07, 6.45) is 1.72. The van der Waals surface area contributed by atoms with Crippen molar-refractivity contribution in [2.75, 3.05) is 41.7 Å². The van der Waals surface area contributed by atoms with E-state index in [0.29, 0.717) is 10.8 Å². The van der Waals surface area contributed by atoms with E-state index in [9.17, 15) is 9.59 Å².